The van der Waals surface area contributed by atoms with E-state index in [4.69, 9.17) is 14.5 Å². The van der Waals surface area contributed by atoms with E-state index < -0.39 is 47.3 Å². The van der Waals surface area contributed by atoms with Gasteiger partial charge in [-0.15, -0.1) is 0 Å². The number of ether oxygens (including phenoxy) is 2. The van der Waals surface area contributed by atoms with Gasteiger partial charge in [-0.25, -0.2) is 19.4 Å². The molecular formula is C51H53N5O7. The van der Waals surface area contributed by atoms with Gasteiger partial charge < -0.3 is 35.1 Å². The number of carboxylic acid groups (broad SMARTS) is 1. The number of carbonyl (C=O) groups is 4. The molecule has 5 aromatic carbocycles. The van der Waals surface area contributed by atoms with Crippen LogP contribution in [0, 0.1) is 0 Å². The molecule has 6 aromatic rings. The molecule has 0 radical (unpaired) electrons. The first-order valence-electron chi connectivity index (χ1n) is 21.3. The SMILES string of the molecule is CC(C)(C)OC(=O)NCCCC[C@H](NC(=O)[C@H](Cc1cn(C(c2ccccc2)(c2ccccc2)c2ccccc2)cn1)NC(=O)OCC1c2ccccc2-c2ccccc21)C(=O)O. The molecule has 0 aliphatic heterocycles. The minimum absolute atomic E-state index is 0.0195. The van der Waals surface area contributed by atoms with Crippen LogP contribution in [-0.2, 0) is 31.0 Å². The van der Waals surface area contributed by atoms with Crippen molar-refractivity contribution >= 4 is 24.1 Å². The predicted octanol–water partition coefficient (Wildman–Crippen LogP) is 8.44. The van der Waals surface area contributed by atoms with Crippen LogP contribution in [0.25, 0.3) is 11.1 Å². The molecule has 0 fully saturated rings. The number of alkyl carbamates (subject to hydrolysis) is 2. The monoisotopic (exact) mass is 847 g/mol. The van der Waals surface area contributed by atoms with E-state index in [-0.39, 0.29) is 31.9 Å². The standard InChI is InChI=1S/C51H53N5O7/c1-50(2,3)63-48(60)52-30-18-17-29-44(47(58)59)54-46(57)45(55-49(61)62-33-43-41-27-15-13-25-39(41)40-26-14-16-28-42(40)43)31-38-32-56(34-53-38)51(35-19-7-4-8-20-35,36-21-9-5-10-22-36)37-23-11-6-12-24-37/h4-16,19-28,32,34,43-45H,17-18,29-31,33H2,1-3H3,(H,52,60)(H,54,57)(H,55,61)(H,58,59)/t44-,45-/m0/s1. The lowest BCUT2D eigenvalue weighted by atomic mass is 9.77. The molecule has 4 N–H and O–H groups in total. The molecule has 1 heterocycles. The van der Waals surface area contributed by atoms with E-state index in [1.165, 1.54) is 0 Å². The summed E-state index contributed by atoms with van der Waals surface area (Å²) in [4.78, 5) is 57.4. The van der Waals surface area contributed by atoms with Crippen LogP contribution in [0.4, 0.5) is 9.59 Å². The van der Waals surface area contributed by atoms with E-state index >= 15 is 0 Å². The molecule has 0 saturated carbocycles. The number of nitrogens with zero attached hydrogens (tertiary/aromatic N) is 2. The zero-order valence-electron chi connectivity index (χ0n) is 35.7. The van der Waals surface area contributed by atoms with Gasteiger partial charge in [-0.2, -0.15) is 0 Å². The van der Waals surface area contributed by atoms with Crippen molar-refractivity contribution in [2.75, 3.05) is 13.2 Å². The molecule has 324 valence electrons. The molecule has 1 aliphatic rings. The second-order valence-corrected chi connectivity index (χ2v) is 16.6. The highest BCUT2D eigenvalue weighted by Crippen LogP contribution is 2.45. The van der Waals surface area contributed by atoms with Gasteiger partial charge in [0.2, 0.25) is 5.91 Å². The Hall–Kier alpha value is -7.21. The third-order valence-corrected chi connectivity index (χ3v) is 11.2. The van der Waals surface area contributed by atoms with Crippen LogP contribution in [0.15, 0.2) is 152 Å². The molecule has 0 saturated heterocycles. The van der Waals surface area contributed by atoms with Gasteiger partial charge in [-0.3, -0.25) is 4.79 Å². The summed E-state index contributed by atoms with van der Waals surface area (Å²) in [6, 6.07) is 43.7. The van der Waals surface area contributed by atoms with Gasteiger partial charge in [0.1, 0.15) is 29.8 Å². The highest BCUT2D eigenvalue weighted by atomic mass is 16.6. The van der Waals surface area contributed by atoms with Gasteiger partial charge >= 0.3 is 18.2 Å². The summed E-state index contributed by atoms with van der Waals surface area (Å²) in [6.45, 7) is 5.58. The third-order valence-electron chi connectivity index (χ3n) is 11.2. The Labute approximate surface area is 367 Å². The van der Waals surface area contributed by atoms with E-state index in [0.717, 1.165) is 38.9 Å². The fraction of sp³-hybridized carbons (Fsp3) is 0.275. The average Bonchev–Trinajstić information content (AvgIpc) is 3.88. The van der Waals surface area contributed by atoms with Crippen molar-refractivity contribution in [3.63, 3.8) is 0 Å². The number of rotatable bonds is 17. The van der Waals surface area contributed by atoms with Crippen molar-refractivity contribution in [1.82, 2.24) is 25.5 Å². The Morgan fingerprint density at radius 1 is 0.683 bits per heavy atom. The van der Waals surface area contributed by atoms with E-state index in [9.17, 15) is 24.3 Å². The second-order valence-electron chi connectivity index (χ2n) is 16.6. The summed E-state index contributed by atoms with van der Waals surface area (Å²) in [5, 5.41) is 18.3. The quantitative estimate of drug-likeness (QED) is 0.0526. The number of amides is 3. The van der Waals surface area contributed by atoms with Crippen LogP contribution < -0.4 is 16.0 Å². The van der Waals surface area contributed by atoms with Gasteiger partial charge in [-0.05, 0) is 79.0 Å². The first-order chi connectivity index (χ1) is 30.4. The second kappa shape index (κ2) is 19.7. The maximum atomic E-state index is 14.2. The Morgan fingerprint density at radius 2 is 1.21 bits per heavy atom. The first kappa shape index (κ1) is 43.9. The van der Waals surface area contributed by atoms with Crippen molar-refractivity contribution in [2.45, 2.75) is 75.6 Å². The Bertz CT molecular complexity index is 2360. The number of aromatic nitrogens is 2. The number of hydrogen-bond acceptors (Lipinski definition) is 7. The molecular weight excluding hydrogens is 795 g/mol. The molecule has 63 heavy (non-hydrogen) atoms. The maximum absolute atomic E-state index is 14.2. The van der Waals surface area contributed by atoms with Crippen LogP contribution in [0.5, 0.6) is 0 Å². The van der Waals surface area contributed by atoms with Crippen LogP contribution >= 0.6 is 0 Å². The number of benzene rings is 5. The molecule has 1 aliphatic carbocycles. The number of nitrogens with one attached hydrogen (secondary N) is 3. The van der Waals surface area contributed by atoms with Crippen LogP contribution in [0.1, 0.15) is 79.5 Å². The molecule has 3 amide bonds. The summed E-state index contributed by atoms with van der Waals surface area (Å²) in [5.74, 6) is -2.15. The van der Waals surface area contributed by atoms with Crippen molar-refractivity contribution in [1.29, 1.82) is 0 Å². The fourth-order valence-electron chi connectivity index (χ4n) is 8.35. The number of unbranched alkanes of at least 4 members (excludes halogenated alkanes) is 1. The van der Waals surface area contributed by atoms with Crippen molar-refractivity contribution < 1.29 is 33.8 Å². The molecule has 0 bridgehead atoms. The zero-order chi connectivity index (χ0) is 44.4. The highest BCUT2D eigenvalue weighted by Gasteiger charge is 2.39. The van der Waals surface area contributed by atoms with Gasteiger partial charge in [0.05, 0.1) is 12.0 Å². The largest absolute Gasteiger partial charge is 0.480 e. The number of carbonyl (C=O) groups excluding carboxylic acids is 3. The highest BCUT2D eigenvalue weighted by molar-refractivity contribution is 5.89. The summed E-state index contributed by atoms with van der Waals surface area (Å²) < 4.78 is 13.2. The number of hydrogen-bond donors (Lipinski definition) is 4. The van der Waals surface area contributed by atoms with E-state index in [1.807, 2.05) is 114 Å². The number of imidazole rings is 1. The van der Waals surface area contributed by atoms with Gasteiger partial charge in [0.25, 0.3) is 0 Å². The lowest BCUT2D eigenvalue weighted by Crippen LogP contribution is -2.52. The Morgan fingerprint density at radius 3 is 1.73 bits per heavy atom. The van der Waals surface area contributed by atoms with Crippen LogP contribution in [-0.4, -0.2) is 69.6 Å². The topological polar surface area (TPSA) is 161 Å². The third kappa shape index (κ3) is 10.3. The molecule has 1 aromatic heterocycles. The lowest BCUT2D eigenvalue weighted by molar-refractivity contribution is -0.142. The Kier molecular flexibility index (Phi) is 13.7. The smallest absolute Gasteiger partial charge is 0.407 e. The van der Waals surface area contributed by atoms with Gasteiger partial charge in [-0.1, -0.05) is 140 Å². The summed E-state index contributed by atoms with van der Waals surface area (Å²) in [5.41, 5.74) is 6.10. The zero-order valence-corrected chi connectivity index (χ0v) is 35.7. The summed E-state index contributed by atoms with van der Waals surface area (Å²) >= 11 is 0. The average molecular weight is 848 g/mol. The molecule has 0 unspecified atom stereocenters. The van der Waals surface area contributed by atoms with Crippen LogP contribution in [0.3, 0.4) is 0 Å². The van der Waals surface area contributed by atoms with Crippen molar-refractivity contribution in [2.24, 2.45) is 0 Å². The first-order valence-corrected chi connectivity index (χ1v) is 21.3. The van der Waals surface area contributed by atoms with E-state index in [1.54, 1.807) is 27.1 Å². The maximum Gasteiger partial charge on any atom is 0.407 e. The molecule has 2 atom stereocenters. The minimum atomic E-state index is -1.27. The number of fused-ring (bicyclic) bond motifs is 3. The number of aliphatic carboxylic acids is 1. The molecule has 0 spiro atoms. The predicted molar refractivity (Wildman–Crippen MR) is 240 cm³/mol. The molecule has 12 heteroatoms. The summed E-state index contributed by atoms with van der Waals surface area (Å²) in [6.07, 6.45) is 3.01. The van der Waals surface area contributed by atoms with Crippen molar-refractivity contribution in [3.8, 4) is 11.1 Å². The number of carboxylic acids is 1. The van der Waals surface area contributed by atoms with E-state index in [2.05, 4.69) is 52.3 Å². The fourth-order valence-corrected chi connectivity index (χ4v) is 8.35. The summed E-state index contributed by atoms with van der Waals surface area (Å²) in [7, 11) is 0. The van der Waals surface area contributed by atoms with Gasteiger partial charge in [0.15, 0.2) is 0 Å². The van der Waals surface area contributed by atoms with Crippen molar-refractivity contribution in [3.05, 3.63) is 186 Å². The van der Waals surface area contributed by atoms with Crippen LogP contribution in [0.2, 0.25) is 0 Å². The normalized spacial score (nSPS) is 13.2. The van der Waals surface area contributed by atoms with Gasteiger partial charge in [0, 0.05) is 25.1 Å². The minimum Gasteiger partial charge on any atom is -0.480 e. The molecule has 7 rings (SSSR count). The van der Waals surface area contributed by atoms with E-state index in [0.29, 0.717) is 18.5 Å². The Balaban J connectivity index is 1.14. The molecule has 12 nitrogen and oxygen atoms in total. The lowest BCUT2D eigenvalue weighted by Gasteiger charge is -2.37.